The van der Waals surface area contributed by atoms with Crippen LogP contribution in [0.3, 0.4) is 0 Å². The molecule has 0 radical (unpaired) electrons. The van der Waals surface area contributed by atoms with E-state index in [9.17, 15) is 5.11 Å². The monoisotopic (exact) mass is 344 g/mol. The first kappa shape index (κ1) is 16.3. The van der Waals surface area contributed by atoms with Gasteiger partial charge in [0.1, 0.15) is 11.5 Å². The smallest absolute Gasteiger partial charge is 0.140 e. The number of nitrogens with one attached hydrogen (secondary N) is 2. The van der Waals surface area contributed by atoms with Gasteiger partial charge in [-0.1, -0.05) is 30.3 Å². The van der Waals surface area contributed by atoms with Gasteiger partial charge >= 0.3 is 0 Å². The molecule has 0 saturated heterocycles. The molecule has 1 aromatic carbocycles. The Balaban J connectivity index is 1.68. The van der Waals surface area contributed by atoms with E-state index >= 15 is 0 Å². The maximum absolute atomic E-state index is 9.72. The molecule has 5 nitrogen and oxygen atoms in total. The molecular weight excluding hydrogens is 324 g/mol. The first-order valence-corrected chi connectivity index (χ1v) is 8.60. The number of fused-ring (bicyclic) bond motifs is 1. The molecule has 1 atom stereocenters. The van der Waals surface area contributed by atoms with E-state index < -0.39 is 6.10 Å². The van der Waals surface area contributed by atoms with Crippen molar-refractivity contribution in [2.45, 2.75) is 19.6 Å². The molecule has 0 amide bonds. The first-order valence-electron chi connectivity index (χ1n) is 8.60. The van der Waals surface area contributed by atoms with Crippen LogP contribution in [0.5, 0.6) is 0 Å². The number of pyridine rings is 2. The summed E-state index contributed by atoms with van der Waals surface area (Å²) in [6, 6.07) is 16.0. The van der Waals surface area contributed by atoms with Crippen molar-refractivity contribution >= 4 is 16.9 Å². The van der Waals surface area contributed by atoms with Crippen molar-refractivity contribution in [3.05, 3.63) is 78.2 Å². The molecule has 1 unspecified atom stereocenters. The molecule has 26 heavy (non-hydrogen) atoms. The number of aliphatic hydroxyl groups excluding tert-OH is 1. The lowest BCUT2D eigenvalue weighted by atomic mass is 10.0. The van der Waals surface area contributed by atoms with E-state index in [1.54, 1.807) is 13.1 Å². The number of hydrogen-bond acceptors (Lipinski definition) is 4. The lowest BCUT2D eigenvalue weighted by Crippen LogP contribution is -2.02. The fraction of sp³-hybridized carbons (Fsp3) is 0.143. The molecule has 4 aromatic rings. The van der Waals surface area contributed by atoms with Gasteiger partial charge in [0.15, 0.2) is 0 Å². The second-order valence-electron chi connectivity index (χ2n) is 6.31. The van der Waals surface area contributed by atoms with Crippen LogP contribution in [0.25, 0.3) is 22.2 Å². The predicted molar refractivity (Wildman–Crippen MR) is 104 cm³/mol. The Bertz CT molecular complexity index is 1010. The molecule has 0 aliphatic heterocycles. The number of aliphatic hydroxyl groups is 1. The molecule has 0 spiro atoms. The van der Waals surface area contributed by atoms with Crippen LogP contribution < -0.4 is 5.32 Å². The van der Waals surface area contributed by atoms with Gasteiger partial charge in [-0.05, 0) is 47.4 Å². The molecule has 0 fully saturated rings. The highest BCUT2D eigenvalue weighted by Crippen LogP contribution is 2.30. The van der Waals surface area contributed by atoms with Crippen molar-refractivity contribution in [1.82, 2.24) is 15.0 Å². The van der Waals surface area contributed by atoms with Crippen molar-refractivity contribution < 1.29 is 5.11 Å². The summed E-state index contributed by atoms with van der Waals surface area (Å²) in [5.74, 6) is 0.804. The van der Waals surface area contributed by atoms with Gasteiger partial charge in [0, 0.05) is 30.5 Å². The topological polar surface area (TPSA) is 73.8 Å². The highest BCUT2D eigenvalue weighted by Gasteiger charge is 2.10. The largest absolute Gasteiger partial charge is 0.389 e. The van der Waals surface area contributed by atoms with Crippen molar-refractivity contribution in [3.63, 3.8) is 0 Å². The Kier molecular flexibility index (Phi) is 4.37. The Morgan fingerprint density at radius 2 is 2.00 bits per heavy atom. The Hall–Kier alpha value is -3.18. The SMILES string of the molecule is CC(O)c1ccc(-c2cc(NCc3cccnc3)nc3[nH]ccc23)cc1. The maximum Gasteiger partial charge on any atom is 0.140 e. The fourth-order valence-electron chi connectivity index (χ4n) is 3.00. The van der Waals surface area contributed by atoms with Crippen molar-refractivity contribution in [2.75, 3.05) is 5.32 Å². The summed E-state index contributed by atoms with van der Waals surface area (Å²) in [7, 11) is 0. The van der Waals surface area contributed by atoms with Crippen LogP contribution in [-0.2, 0) is 6.54 Å². The highest BCUT2D eigenvalue weighted by atomic mass is 16.3. The van der Waals surface area contributed by atoms with E-state index in [1.165, 1.54) is 0 Å². The van der Waals surface area contributed by atoms with Crippen molar-refractivity contribution in [2.24, 2.45) is 0 Å². The van der Waals surface area contributed by atoms with Gasteiger partial charge in [0.2, 0.25) is 0 Å². The number of rotatable bonds is 5. The third kappa shape index (κ3) is 3.30. The van der Waals surface area contributed by atoms with E-state index in [1.807, 2.05) is 54.9 Å². The van der Waals surface area contributed by atoms with Crippen molar-refractivity contribution in [3.8, 4) is 11.1 Å². The molecular formula is C21H20N4O. The zero-order valence-electron chi connectivity index (χ0n) is 14.5. The third-order valence-electron chi connectivity index (χ3n) is 4.43. The van der Waals surface area contributed by atoms with Crippen LogP contribution in [0.4, 0.5) is 5.82 Å². The number of aromatic amines is 1. The average Bonchev–Trinajstić information content (AvgIpc) is 3.15. The third-order valence-corrected chi connectivity index (χ3v) is 4.43. The second kappa shape index (κ2) is 6.98. The minimum absolute atomic E-state index is 0.467. The number of H-pyrrole nitrogens is 1. The molecule has 130 valence electrons. The van der Waals surface area contributed by atoms with Gasteiger partial charge in [-0.3, -0.25) is 4.98 Å². The number of anilines is 1. The van der Waals surface area contributed by atoms with Gasteiger partial charge < -0.3 is 15.4 Å². The summed E-state index contributed by atoms with van der Waals surface area (Å²) in [6.45, 7) is 2.43. The Labute approximate surface area is 151 Å². The molecule has 4 rings (SSSR count). The van der Waals surface area contributed by atoms with Crippen LogP contribution >= 0.6 is 0 Å². The van der Waals surface area contributed by atoms with E-state index in [0.29, 0.717) is 6.54 Å². The molecule has 0 aliphatic carbocycles. The number of aromatic nitrogens is 3. The zero-order chi connectivity index (χ0) is 17.9. The summed E-state index contributed by atoms with van der Waals surface area (Å²) in [4.78, 5) is 12.0. The molecule has 0 aliphatic rings. The minimum atomic E-state index is -0.467. The van der Waals surface area contributed by atoms with E-state index in [0.717, 1.165) is 39.1 Å². The average molecular weight is 344 g/mol. The zero-order valence-corrected chi connectivity index (χ0v) is 14.5. The maximum atomic E-state index is 9.72. The second-order valence-corrected chi connectivity index (χ2v) is 6.31. The summed E-state index contributed by atoms with van der Waals surface area (Å²) >= 11 is 0. The summed E-state index contributed by atoms with van der Waals surface area (Å²) in [5, 5.41) is 14.2. The Morgan fingerprint density at radius 1 is 1.15 bits per heavy atom. The van der Waals surface area contributed by atoms with Gasteiger partial charge in [0.05, 0.1) is 6.10 Å². The van der Waals surface area contributed by atoms with E-state index in [2.05, 4.69) is 26.3 Å². The van der Waals surface area contributed by atoms with Gasteiger partial charge in [-0.25, -0.2) is 4.98 Å². The van der Waals surface area contributed by atoms with Gasteiger partial charge in [-0.2, -0.15) is 0 Å². The lowest BCUT2D eigenvalue weighted by molar-refractivity contribution is 0.199. The van der Waals surface area contributed by atoms with Crippen LogP contribution in [0, 0.1) is 0 Å². The molecule has 0 bridgehead atoms. The molecule has 3 aromatic heterocycles. The van der Waals surface area contributed by atoms with Gasteiger partial charge in [0.25, 0.3) is 0 Å². The standard InChI is InChI=1S/C21H20N4O/c1-14(26)16-4-6-17(7-5-16)19-11-20(25-21-18(19)8-10-23-21)24-13-15-3-2-9-22-12-15/h2-12,14,26H,13H2,1H3,(H2,23,24,25). The van der Waals surface area contributed by atoms with Crippen LogP contribution in [0.1, 0.15) is 24.2 Å². The quantitative estimate of drug-likeness (QED) is 0.505. The molecule has 3 N–H and O–H groups in total. The minimum Gasteiger partial charge on any atom is -0.389 e. The normalized spacial score (nSPS) is 12.2. The summed E-state index contributed by atoms with van der Waals surface area (Å²) < 4.78 is 0. The van der Waals surface area contributed by atoms with Crippen molar-refractivity contribution in [1.29, 1.82) is 0 Å². The number of hydrogen-bond donors (Lipinski definition) is 3. The molecule has 0 saturated carbocycles. The van der Waals surface area contributed by atoms with Crippen LogP contribution in [0.15, 0.2) is 67.1 Å². The van der Waals surface area contributed by atoms with E-state index in [4.69, 9.17) is 0 Å². The Morgan fingerprint density at radius 3 is 2.73 bits per heavy atom. The first-order chi connectivity index (χ1) is 12.7. The van der Waals surface area contributed by atoms with Crippen LogP contribution in [-0.4, -0.2) is 20.1 Å². The molecule has 5 heteroatoms. The number of nitrogens with zero attached hydrogens (tertiary/aromatic N) is 2. The van der Waals surface area contributed by atoms with E-state index in [-0.39, 0.29) is 0 Å². The predicted octanol–water partition coefficient (Wildman–Crippen LogP) is 4.29. The fourth-order valence-corrected chi connectivity index (χ4v) is 3.00. The van der Waals surface area contributed by atoms with Crippen LogP contribution in [0.2, 0.25) is 0 Å². The molecule has 3 heterocycles. The highest BCUT2D eigenvalue weighted by molar-refractivity contribution is 5.94. The summed E-state index contributed by atoms with van der Waals surface area (Å²) in [5.41, 5.74) is 5.04. The number of benzene rings is 1. The lowest BCUT2D eigenvalue weighted by Gasteiger charge is -2.11. The summed E-state index contributed by atoms with van der Waals surface area (Å²) in [6.07, 6.45) is 5.04. The van der Waals surface area contributed by atoms with Gasteiger partial charge in [-0.15, -0.1) is 0 Å².